The third-order valence-corrected chi connectivity index (χ3v) is 3.46. The van der Waals surface area contributed by atoms with E-state index in [1.807, 2.05) is 37.5 Å². The highest BCUT2D eigenvalue weighted by Gasteiger charge is 2.30. The fourth-order valence-electron chi connectivity index (χ4n) is 2.24. The summed E-state index contributed by atoms with van der Waals surface area (Å²) < 4.78 is 0. The van der Waals surface area contributed by atoms with Crippen molar-refractivity contribution >= 4 is 17.8 Å². The fraction of sp³-hybridized carbons (Fsp3) is 0.800. The molecule has 0 aliphatic carbocycles. The van der Waals surface area contributed by atoms with Crippen LogP contribution in [0.15, 0.2) is 0 Å². The SMILES string of the molecule is CCCNC(=O)NC(=O)CN1CCN(C(=O)C(C)(C)C)CC1. The monoisotopic (exact) mass is 312 g/mol. The maximum absolute atomic E-state index is 12.2. The van der Waals surface area contributed by atoms with E-state index in [4.69, 9.17) is 0 Å². The molecule has 0 aromatic heterocycles. The Bertz CT molecular complexity index is 410. The third-order valence-electron chi connectivity index (χ3n) is 3.46. The first-order valence-electron chi connectivity index (χ1n) is 7.83. The average molecular weight is 312 g/mol. The van der Waals surface area contributed by atoms with Crippen LogP contribution in [0, 0.1) is 5.41 Å². The van der Waals surface area contributed by atoms with Crippen LogP contribution >= 0.6 is 0 Å². The van der Waals surface area contributed by atoms with Crippen LogP contribution in [-0.2, 0) is 9.59 Å². The molecule has 1 rings (SSSR count). The molecule has 126 valence electrons. The molecule has 0 unspecified atom stereocenters. The molecular formula is C15H28N4O3. The second kappa shape index (κ2) is 8.12. The van der Waals surface area contributed by atoms with E-state index in [0.717, 1.165) is 6.42 Å². The van der Waals surface area contributed by atoms with Crippen LogP contribution in [0.25, 0.3) is 0 Å². The van der Waals surface area contributed by atoms with Crippen molar-refractivity contribution in [3.63, 3.8) is 0 Å². The number of carbonyl (C=O) groups is 3. The lowest BCUT2D eigenvalue weighted by atomic mass is 9.94. The van der Waals surface area contributed by atoms with E-state index < -0.39 is 6.03 Å². The van der Waals surface area contributed by atoms with E-state index in [-0.39, 0.29) is 23.8 Å². The van der Waals surface area contributed by atoms with E-state index in [1.165, 1.54) is 0 Å². The van der Waals surface area contributed by atoms with Gasteiger partial charge in [-0.3, -0.25) is 19.8 Å². The maximum Gasteiger partial charge on any atom is 0.321 e. The molecule has 0 saturated carbocycles. The summed E-state index contributed by atoms with van der Waals surface area (Å²) in [6.07, 6.45) is 0.825. The Kier molecular flexibility index (Phi) is 6.80. The summed E-state index contributed by atoms with van der Waals surface area (Å²) in [5, 5.41) is 4.91. The van der Waals surface area contributed by atoms with Gasteiger partial charge in [0.2, 0.25) is 11.8 Å². The molecule has 7 heteroatoms. The number of urea groups is 1. The van der Waals surface area contributed by atoms with Gasteiger partial charge in [0.1, 0.15) is 0 Å². The van der Waals surface area contributed by atoms with Crippen LogP contribution in [0.1, 0.15) is 34.1 Å². The molecule has 0 aromatic rings. The topological polar surface area (TPSA) is 81.8 Å². The number of hydrogen-bond donors (Lipinski definition) is 2. The first kappa shape index (κ1) is 18.4. The zero-order chi connectivity index (χ0) is 16.8. The number of nitrogens with one attached hydrogen (secondary N) is 2. The molecule has 0 spiro atoms. The highest BCUT2D eigenvalue weighted by molar-refractivity contribution is 5.95. The van der Waals surface area contributed by atoms with E-state index in [1.54, 1.807) is 0 Å². The van der Waals surface area contributed by atoms with E-state index in [0.29, 0.717) is 32.7 Å². The van der Waals surface area contributed by atoms with E-state index in [9.17, 15) is 14.4 Å². The van der Waals surface area contributed by atoms with Gasteiger partial charge in [-0.1, -0.05) is 27.7 Å². The molecule has 0 radical (unpaired) electrons. The number of piperazine rings is 1. The summed E-state index contributed by atoms with van der Waals surface area (Å²) in [6, 6.07) is -0.451. The van der Waals surface area contributed by atoms with E-state index in [2.05, 4.69) is 10.6 Å². The Balaban J connectivity index is 2.32. The molecule has 1 aliphatic rings. The predicted molar refractivity (Wildman–Crippen MR) is 84.3 cm³/mol. The molecule has 0 bridgehead atoms. The van der Waals surface area contributed by atoms with Crippen molar-refractivity contribution in [3.05, 3.63) is 0 Å². The van der Waals surface area contributed by atoms with Crippen molar-refractivity contribution in [2.45, 2.75) is 34.1 Å². The zero-order valence-electron chi connectivity index (χ0n) is 14.1. The number of hydrogen-bond acceptors (Lipinski definition) is 4. The Morgan fingerprint density at radius 1 is 1.05 bits per heavy atom. The second-order valence-corrected chi connectivity index (χ2v) is 6.62. The van der Waals surface area contributed by atoms with Crippen LogP contribution in [0.5, 0.6) is 0 Å². The number of carbonyl (C=O) groups excluding carboxylic acids is 3. The smallest absolute Gasteiger partial charge is 0.321 e. The van der Waals surface area contributed by atoms with Gasteiger partial charge in [0.25, 0.3) is 0 Å². The Morgan fingerprint density at radius 3 is 2.14 bits per heavy atom. The molecule has 1 saturated heterocycles. The molecule has 22 heavy (non-hydrogen) atoms. The standard InChI is InChI=1S/C15H28N4O3/c1-5-6-16-14(22)17-12(20)11-18-7-9-19(10-8-18)13(21)15(2,3)4/h5-11H2,1-4H3,(H2,16,17,20,22). The van der Waals surface area contributed by atoms with Gasteiger partial charge in [0.15, 0.2) is 0 Å². The molecule has 4 amide bonds. The fourth-order valence-corrected chi connectivity index (χ4v) is 2.24. The molecule has 2 N–H and O–H groups in total. The first-order chi connectivity index (χ1) is 10.2. The van der Waals surface area contributed by atoms with Crippen molar-refractivity contribution in [1.29, 1.82) is 0 Å². The van der Waals surface area contributed by atoms with Gasteiger partial charge in [0, 0.05) is 38.1 Å². The number of amides is 4. The van der Waals surface area contributed by atoms with Crippen LogP contribution in [-0.4, -0.2) is 66.9 Å². The van der Waals surface area contributed by atoms with E-state index >= 15 is 0 Å². The van der Waals surface area contributed by atoms with Crippen molar-refractivity contribution < 1.29 is 14.4 Å². The van der Waals surface area contributed by atoms with Gasteiger partial charge in [-0.15, -0.1) is 0 Å². The Labute approximate surface area is 132 Å². The summed E-state index contributed by atoms with van der Waals surface area (Å²) >= 11 is 0. The molecule has 7 nitrogen and oxygen atoms in total. The summed E-state index contributed by atoms with van der Waals surface area (Å²) in [7, 11) is 0. The Hall–Kier alpha value is -1.63. The van der Waals surface area contributed by atoms with Gasteiger partial charge < -0.3 is 10.2 Å². The minimum Gasteiger partial charge on any atom is -0.340 e. The van der Waals surface area contributed by atoms with Crippen molar-refractivity contribution in [2.75, 3.05) is 39.3 Å². The third kappa shape index (κ3) is 6.01. The van der Waals surface area contributed by atoms with Gasteiger partial charge in [0.05, 0.1) is 6.54 Å². The minimum absolute atomic E-state index is 0.135. The lowest BCUT2D eigenvalue weighted by Gasteiger charge is -2.37. The lowest BCUT2D eigenvalue weighted by Crippen LogP contribution is -2.54. The van der Waals surface area contributed by atoms with Crippen LogP contribution in [0.3, 0.4) is 0 Å². The largest absolute Gasteiger partial charge is 0.340 e. The molecular weight excluding hydrogens is 284 g/mol. The zero-order valence-corrected chi connectivity index (χ0v) is 14.1. The second-order valence-electron chi connectivity index (χ2n) is 6.62. The summed E-state index contributed by atoms with van der Waals surface area (Å²) in [4.78, 5) is 39.1. The van der Waals surface area contributed by atoms with Gasteiger partial charge in [-0.25, -0.2) is 4.79 Å². The maximum atomic E-state index is 12.2. The normalized spacial score (nSPS) is 16.3. The minimum atomic E-state index is -0.451. The van der Waals surface area contributed by atoms with Crippen molar-refractivity contribution in [3.8, 4) is 0 Å². The summed E-state index contributed by atoms with van der Waals surface area (Å²) in [6.45, 7) is 10.9. The molecule has 0 atom stereocenters. The average Bonchev–Trinajstić information content (AvgIpc) is 2.44. The molecule has 1 aliphatic heterocycles. The van der Waals surface area contributed by atoms with Crippen LogP contribution in [0.4, 0.5) is 4.79 Å². The quantitative estimate of drug-likeness (QED) is 0.788. The molecule has 1 fully saturated rings. The Morgan fingerprint density at radius 2 is 1.64 bits per heavy atom. The van der Waals surface area contributed by atoms with Gasteiger partial charge >= 0.3 is 6.03 Å². The highest BCUT2D eigenvalue weighted by atomic mass is 16.2. The summed E-state index contributed by atoms with van der Waals surface area (Å²) in [5.41, 5.74) is -0.378. The highest BCUT2D eigenvalue weighted by Crippen LogP contribution is 2.18. The van der Waals surface area contributed by atoms with Gasteiger partial charge in [-0.05, 0) is 6.42 Å². The van der Waals surface area contributed by atoms with Crippen molar-refractivity contribution in [2.24, 2.45) is 5.41 Å². The number of imide groups is 1. The lowest BCUT2D eigenvalue weighted by molar-refractivity contribution is -0.141. The number of nitrogens with zero attached hydrogens (tertiary/aromatic N) is 2. The summed E-state index contributed by atoms with van der Waals surface area (Å²) in [5.74, 6) is -0.181. The molecule has 0 aromatic carbocycles. The predicted octanol–water partition coefficient (Wildman–Crippen LogP) is 0.413. The molecule has 1 heterocycles. The number of rotatable bonds is 4. The van der Waals surface area contributed by atoms with Crippen LogP contribution < -0.4 is 10.6 Å². The van der Waals surface area contributed by atoms with Gasteiger partial charge in [-0.2, -0.15) is 0 Å². The van der Waals surface area contributed by atoms with Crippen LogP contribution in [0.2, 0.25) is 0 Å². The van der Waals surface area contributed by atoms with Crippen molar-refractivity contribution in [1.82, 2.24) is 20.4 Å². The first-order valence-corrected chi connectivity index (χ1v) is 7.83.